The van der Waals surface area contributed by atoms with Gasteiger partial charge < -0.3 is 20.5 Å². The highest BCUT2D eigenvalue weighted by molar-refractivity contribution is 6.06. The number of fused-ring (bicyclic) bond motifs is 1. The summed E-state index contributed by atoms with van der Waals surface area (Å²) in [6.07, 6.45) is 4.93. The van der Waals surface area contributed by atoms with Crippen LogP contribution in [0.15, 0.2) is 61.2 Å². The smallest absolute Gasteiger partial charge is 0.251 e. The van der Waals surface area contributed by atoms with Gasteiger partial charge >= 0.3 is 0 Å². The Morgan fingerprint density at radius 1 is 1.11 bits per heavy atom. The molecular weight excluding hydrogens is 468 g/mol. The number of hydrogen-bond donors (Lipinski definition) is 3. The summed E-state index contributed by atoms with van der Waals surface area (Å²) in [6.45, 7) is 5.57. The van der Waals surface area contributed by atoms with Gasteiger partial charge in [0.05, 0.1) is 35.7 Å². The zero-order chi connectivity index (χ0) is 26.0. The number of benzene rings is 1. The van der Waals surface area contributed by atoms with Gasteiger partial charge in [0.1, 0.15) is 12.1 Å². The number of hydrogen-bond acceptors (Lipinski definition) is 8. The van der Waals surface area contributed by atoms with Crippen LogP contribution in [-0.4, -0.2) is 57.8 Å². The largest absolute Gasteiger partial charge is 0.379 e. The molecule has 0 saturated carbocycles. The molecule has 0 radical (unpaired) electrons. The van der Waals surface area contributed by atoms with Crippen molar-refractivity contribution in [2.24, 2.45) is 5.92 Å². The summed E-state index contributed by atoms with van der Waals surface area (Å²) in [5.74, 6) is 1.03. The maximum Gasteiger partial charge on any atom is 0.251 e. The minimum Gasteiger partial charge on any atom is -0.379 e. The molecule has 9 nitrogen and oxygen atoms in total. The predicted molar refractivity (Wildman–Crippen MR) is 141 cm³/mol. The number of nitrogens with zero attached hydrogens (tertiary/aromatic N) is 4. The molecule has 0 spiro atoms. The van der Waals surface area contributed by atoms with Crippen molar-refractivity contribution >= 4 is 22.6 Å². The molecule has 2 unspecified atom stereocenters. The summed E-state index contributed by atoms with van der Waals surface area (Å²) in [7, 11) is 1.63. The summed E-state index contributed by atoms with van der Waals surface area (Å²) in [6, 6.07) is 13.4. The minimum atomic E-state index is -0.993. The van der Waals surface area contributed by atoms with E-state index in [1.54, 1.807) is 25.5 Å². The first-order chi connectivity index (χ1) is 17.9. The molecule has 0 aliphatic carbocycles. The Labute approximate surface area is 215 Å². The van der Waals surface area contributed by atoms with E-state index in [0.717, 1.165) is 33.5 Å². The number of ether oxygens (including phenoxy) is 1. The second-order valence-corrected chi connectivity index (χ2v) is 9.57. The van der Waals surface area contributed by atoms with Crippen LogP contribution in [0.2, 0.25) is 0 Å². The number of aromatic nitrogens is 4. The Bertz CT molecular complexity index is 1420. The number of carbonyl (C=O) groups is 1. The van der Waals surface area contributed by atoms with E-state index >= 15 is 0 Å². The molecule has 1 aromatic carbocycles. The first-order valence-corrected chi connectivity index (χ1v) is 12.3. The lowest BCUT2D eigenvalue weighted by Crippen LogP contribution is -2.47. The first kappa shape index (κ1) is 24.7. The van der Waals surface area contributed by atoms with Gasteiger partial charge in [-0.15, -0.1) is 0 Å². The fraction of sp³-hybridized carbons (Fsp3) is 0.321. The van der Waals surface area contributed by atoms with Crippen LogP contribution in [0.3, 0.4) is 0 Å². The quantitative estimate of drug-likeness (QED) is 0.337. The molecule has 190 valence electrons. The molecular formula is C28H30N6O3. The number of pyridine rings is 2. The van der Waals surface area contributed by atoms with Gasteiger partial charge in [-0.2, -0.15) is 0 Å². The van der Waals surface area contributed by atoms with E-state index in [1.807, 2.05) is 30.3 Å². The second-order valence-electron chi connectivity index (χ2n) is 9.57. The van der Waals surface area contributed by atoms with Crippen molar-refractivity contribution in [2.75, 3.05) is 32.1 Å². The van der Waals surface area contributed by atoms with Crippen molar-refractivity contribution < 1.29 is 14.6 Å². The molecule has 5 rings (SSSR count). The number of para-hydroxylation sites is 1. The summed E-state index contributed by atoms with van der Waals surface area (Å²) < 4.78 is 5.12. The van der Waals surface area contributed by atoms with Crippen LogP contribution in [0.5, 0.6) is 0 Å². The average Bonchev–Trinajstić information content (AvgIpc) is 2.93. The molecule has 1 saturated heterocycles. The highest BCUT2D eigenvalue weighted by Crippen LogP contribution is 2.32. The molecule has 1 amide bonds. The number of anilines is 1. The van der Waals surface area contributed by atoms with Crippen molar-refractivity contribution in [3.63, 3.8) is 0 Å². The third-order valence-electron chi connectivity index (χ3n) is 7.11. The van der Waals surface area contributed by atoms with Crippen molar-refractivity contribution in [1.29, 1.82) is 0 Å². The van der Waals surface area contributed by atoms with E-state index in [0.29, 0.717) is 17.8 Å². The molecule has 2 atom stereocenters. The van der Waals surface area contributed by atoms with Crippen molar-refractivity contribution in [1.82, 2.24) is 25.3 Å². The highest BCUT2D eigenvalue weighted by atomic mass is 16.5. The zero-order valence-electron chi connectivity index (χ0n) is 21.1. The Kier molecular flexibility index (Phi) is 6.82. The summed E-state index contributed by atoms with van der Waals surface area (Å²) >= 11 is 0. The maximum absolute atomic E-state index is 12.3. The molecule has 1 aliphatic rings. The van der Waals surface area contributed by atoms with Crippen LogP contribution in [0, 0.1) is 5.92 Å². The fourth-order valence-electron chi connectivity index (χ4n) is 4.52. The minimum absolute atomic E-state index is 0.121. The van der Waals surface area contributed by atoms with E-state index in [4.69, 9.17) is 4.74 Å². The molecule has 3 aromatic heterocycles. The molecule has 4 heterocycles. The van der Waals surface area contributed by atoms with Crippen LogP contribution in [0.25, 0.3) is 22.2 Å². The van der Waals surface area contributed by atoms with Crippen LogP contribution in [-0.2, 0) is 10.3 Å². The van der Waals surface area contributed by atoms with E-state index in [-0.39, 0.29) is 31.0 Å². The van der Waals surface area contributed by atoms with E-state index in [1.165, 1.54) is 6.33 Å². The van der Waals surface area contributed by atoms with Gasteiger partial charge in [-0.3, -0.25) is 14.8 Å². The van der Waals surface area contributed by atoms with E-state index in [9.17, 15) is 9.90 Å². The van der Waals surface area contributed by atoms with Crippen molar-refractivity contribution in [2.45, 2.75) is 25.4 Å². The Hall–Kier alpha value is -3.95. The number of carbonyl (C=O) groups excluding carboxylic acids is 1. The topological polar surface area (TPSA) is 122 Å². The first-order valence-electron chi connectivity index (χ1n) is 12.3. The van der Waals surface area contributed by atoms with Crippen LogP contribution >= 0.6 is 0 Å². The predicted octanol–water partition coefficient (Wildman–Crippen LogP) is 3.52. The number of aliphatic hydroxyl groups is 1. The molecule has 3 N–H and O–H groups in total. The molecule has 0 bridgehead atoms. The summed E-state index contributed by atoms with van der Waals surface area (Å²) in [5.41, 5.74) is 3.77. The second kappa shape index (κ2) is 10.2. The average molecular weight is 499 g/mol. The van der Waals surface area contributed by atoms with E-state index in [2.05, 4.69) is 50.5 Å². The van der Waals surface area contributed by atoms with Gasteiger partial charge in [-0.25, -0.2) is 9.97 Å². The Morgan fingerprint density at radius 2 is 1.95 bits per heavy atom. The van der Waals surface area contributed by atoms with Gasteiger partial charge in [0.15, 0.2) is 5.60 Å². The Balaban J connectivity index is 1.29. The van der Waals surface area contributed by atoms with Gasteiger partial charge in [-0.1, -0.05) is 32.0 Å². The van der Waals surface area contributed by atoms with Gasteiger partial charge in [0, 0.05) is 43.0 Å². The van der Waals surface area contributed by atoms with Gasteiger partial charge in [-0.05, 0) is 35.6 Å². The standard InChI is InChI=1S/C28H30N6O3/c1-17(18(2)20-5-4-6-21-22(27(35)29-3)9-10-30-26(20)21)12-32-25-11-23(33-16-34-25)19-7-8-24(31-13-19)28(36)14-37-15-28/h4-11,13,16-18,36H,12,14-15H2,1-3H3,(H,29,35)(H,32,33,34). The van der Waals surface area contributed by atoms with E-state index < -0.39 is 5.60 Å². The third-order valence-corrected chi connectivity index (χ3v) is 7.11. The number of nitrogens with one attached hydrogen (secondary N) is 2. The lowest BCUT2D eigenvalue weighted by molar-refractivity contribution is -0.186. The normalized spacial score (nSPS) is 16.0. The molecule has 1 aliphatic heterocycles. The van der Waals surface area contributed by atoms with Crippen molar-refractivity contribution in [3.05, 3.63) is 78.0 Å². The zero-order valence-corrected chi connectivity index (χ0v) is 21.1. The van der Waals surface area contributed by atoms with Crippen LogP contribution < -0.4 is 10.6 Å². The maximum atomic E-state index is 12.3. The fourth-order valence-corrected chi connectivity index (χ4v) is 4.52. The SMILES string of the molecule is CNC(=O)c1ccnc2c(C(C)C(C)CNc3cc(-c4ccc(C5(O)COC5)nc4)ncn3)cccc12. The Morgan fingerprint density at radius 3 is 2.65 bits per heavy atom. The highest BCUT2D eigenvalue weighted by Gasteiger charge is 2.39. The van der Waals surface area contributed by atoms with Gasteiger partial charge in [0.25, 0.3) is 5.91 Å². The molecule has 9 heteroatoms. The van der Waals surface area contributed by atoms with Crippen LogP contribution in [0.1, 0.15) is 41.4 Å². The number of rotatable bonds is 8. The lowest BCUT2D eigenvalue weighted by atomic mass is 9.87. The monoisotopic (exact) mass is 498 g/mol. The molecule has 4 aromatic rings. The summed E-state index contributed by atoms with van der Waals surface area (Å²) in [5, 5.41) is 17.4. The van der Waals surface area contributed by atoms with Crippen molar-refractivity contribution in [3.8, 4) is 11.3 Å². The lowest BCUT2D eigenvalue weighted by Gasteiger charge is -2.35. The summed E-state index contributed by atoms with van der Waals surface area (Å²) in [4.78, 5) is 30.1. The van der Waals surface area contributed by atoms with Crippen LogP contribution in [0.4, 0.5) is 5.82 Å². The molecule has 1 fully saturated rings. The molecule has 37 heavy (non-hydrogen) atoms. The van der Waals surface area contributed by atoms with Gasteiger partial charge in [0.2, 0.25) is 0 Å². The number of amides is 1. The third kappa shape index (κ3) is 4.87.